The molecule has 0 aliphatic rings. The predicted octanol–water partition coefficient (Wildman–Crippen LogP) is 11.6. The second-order valence-corrected chi connectivity index (χ2v) is 17.4. The molecule has 0 spiro atoms. The molecule has 0 aliphatic heterocycles. The van der Waals surface area contributed by atoms with Gasteiger partial charge in [0.1, 0.15) is 13.2 Å². The van der Waals surface area contributed by atoms with Crippen LogP contribution >= 0.6 is 7.82 Å². The number of aliphatic hydroxyl groups excluding tert-OH is 1. The van der Waals surface area contributed by atoms with Crippen molar-refractivity contribution in [3.63, 3.8) is 0 Å². The number of quaternary nitrogens is 1. The molecule has 320 valence electrons. The van der Waals surface area contributed by atoms with Crippen LogP contribution in [0.1, 0.15) is 174 Å². The van der Waals surface area contributed by atoms with Crippen molar-refractivity contribution in [1.29, 1.82) is 0 Å². The van der Waals surface area contributed by atoms with Gasteiger partial charge in [0, 0.05) is 6.42 Å². The van der Waals surface area contributed by atoms with Crippen LogP contribution in [0.2, 0.25) is 0 Å². The third kappa shape index (κ3) is 40.2. The Morgan fingerprint density at radius 1 is 0.655 bits per heavy atom. The first-order chi connectivity index (χ1) is 26.5. The summed E-state index contributed by atoms with van der Waals surface area (Å²) in [6.45, 7) is 4.56. The van der Waals surface area contributed by atoms with Crippen molar-refractivity contribution >= 4 is 13.7 Å². The maximum atomic E-state index is 12.8. The number of aliphatic hydroxyl groups is 1. The first kappa shape index (κ1) is 53.2. The van der Waals surface area contributed by atoms with Gasteiger partial charge in [-0.1, -0.05) is 171 Å². The Balaban J connectivity index is 4.30. The number of rotatable bonds is 39. The molecular weight excluding hydrogens is 707 g/mol. The molecular formula is C46H85N2O6P. The van der Waals surface area contributed by atoms with E-state index in [0.717, 1.165) is 83.5 Å². The van der Waals surface area contributed by atoms with Gasteiger partial charge < -0.3 is 28.8 Å². The fraction of sp³-hybridized carbons (Fsp3) is 0.761. The molecule has 0 rings (SSSR count). The van der Waals surface area contributed by atoms with Crippen molar-refractivity contribution in [3.8, 4) is 0 Å². The minimum atomic E-state index is -4.56. The van der Waals surface area contributed by atoms with Crippen LogP contribution in [0, 0.1) is 0 Å². The lowest BCUT2D eigenvalue weighted by molar-refractivity contribution is -0.870. The summed E-state index contributed by atoms with van der Waals surface area (Å²) in [6, 6.07) is -0.807. The number of phosphoric ester groups is 1. The number of amides is 1. The molecule has 9 heteroatoms. The zero-order valence-electron chi connectivity index (χ0n) is 36.1. The first-order valence-electron chi connectivity index (χ1n) is 22.1. The minimum absolute atomic E-state index is 0.00671. The highest BCUT2D eigenvalue weighted by Crippen LogP contribution is 2.38. The number of likely N-dealkylation sites (N-methyl/N-ethyl adjacent to an activating group) is 1. The summed E-state index contributed by atoms with van der Waals surface area (Å²) in [5.74, 6) is -0.181. The standard InChI is InChI=1S/C46H85N2O6P/c1-6-8-10-12-14-16-18-19-20-21-22-23-24-25-26-27-28-29-30-32-34-36-38-40-46(50)47-44(43-54-55(51,52)53-42-41-48(3,4)5)45(49)39-37-35-33-31-17-15-13-11-9-7-2/h8,10,14,16,19-20,22-23,25-26,44-45,49H,6-7,9,11-13,15,17-18,21,24,27-43H2,1-5H3,(H-,47,50,51,52)/b10-8-,16-14-,20-19-,23-22-,26-25-. The minimum Gasteiger partial charge on any atom is -0.756 e. The molecule has 0 saturated carbocycles. The summed E-state index contributed by atoms with van der Waals surface area (Å²) in [7, 11) is 1.28. The third-order valence-electron chi connectivity index (χ3n) is 9.52. The smallest absolute Gasteiger partial charge is 0.268 e. The average molecular weight is 793 g/mol. The predicted molar refractivity (Wildman–Crippen MR) is 233 cm³/mol. The lowest BCUT2D eigenvalue weighted by atomic mass is 10.0. The van der Waals surface area contributed by atoms with Crippen LogP contribution in [0.4, 0.5) is 0 Å². The van der Waals surface area contributed by atoms with Gasteiger partial charge in [-0.15, -0.1) is 0 Å². The number of nitrogens with zero attached hydrogens (tertiary/aromatic N) is 1. The maximum Gasteiger partial charge on any atom is 0.268 e. The molecule has 0 aromatic rings. The summed E-state index contributed by atoms with van der Waals surface area (Å²) >= 11 is 0. The average Bonchev–Trinajstić information content (AvgIpc) is 3.13. The summed E-state index contributed by atoms with van der Waals surface area (Å²) in [5, 5.41) is 13.8. The molecule has 0 aromatic heterocycles. The molecule has 0 aliphatic carbocycles. The summed E-state index contributed by atoms with van der Waals surface area (Å²) in [5.41, 5.74) is 0. The Hall–Kier alpha value is -1.80. The molecule has 0 aromatic carbocycles. The number of carbonyl (C=O) groups is 1. The second-order valence-electron chi connectivity index (χ2n) is 16.0. The van der Waals surface area contributed by atoms with E-state index in [-0.39, 0.29) is 19.1 Å². The first-order valence-corrected chi connectivity index (χ1v) is 23.6. The van der Waals surface area contributed by atoms with Crippen molar-refractivity contribution in [2.45, 2.75) is 187 Å². The SMILES string of the molecule is CC/C=C\C/C=C\C/C=C\C/C=C\C/C=C\CCCCCCCCCC(=O)NC(COP(=O)([O-])OCC[N+](C)(C)C)C(O)CCCCCCCCCCCC. The van der Waals surface area contributed by atoms with Gasteiger partial charge >= 0.3 is 0 Å². The molecule has 0 bridgehead atoms. The number of carbonyl (C=O) groups excluding carboxylic acids is 1. The van der Waals surface area contributed by atoms with E-state index in [0.29, 0.717) is 23.9 Å². The quantitative estimate of drug-likeness (QED) is 0.0278. The van der Waals surface area contributed by atoms with Crippen molar-refractivity contribution in [2.75, 3.05) is 40.9 Å². The van der Waals surface area contributed by atoms with Crippen LogP contribution in [0.5, 0.6) is 0 Å². The van der Waals surface area contributed by atoms with E-state index in [1.807, 2.05) is 21.1 Å². The molecule has 1 amide bonds. The van der Waals surface area contributed by atoms with Gasteiger partial charge in [0.2, 0.25) is 5.91 Å². The van der Waals surface area contributed by atoms with Gasteiger partial charge in [-0.2, -0.15) is 0 Å². The van der Waals surface area contributed by atoms with Crippen LogP contribution in [0.3, 0.4) is 0 Å². The van der Waals surface area contributed by atoms with E-state index < -0.39 is 20.0 Å². The summed E-state index contributed by atoms with van der Waals surface area (Å²) < 4.78 is 23.2. The van der Waals surface area contributed by atoms with E-state index in [2.05, 4.69) is 79.9 Å². The molecule has 3 unspecified atom stereocenters. The fourth-order valence-electron chi connectivity index (χ4n) is 6.01. The Kier molecular flexibility index (Phi) is 36.5. The normalized spacial score (nSPS) is 15.0. The molecule has 0 saturated heterocycles. The van der Waals surface area contributed by atoms with Crippen molar-refractivity contribution in [3.05, 3.63) is 60.8 Å². The Labute approximate surface area is 339 Å². The zero-order chi connectivity index (χ0) is 40.7. The van der Waals surface area contributed by atoms with Crippen LogP contribution < -0.4 is 10.2 Å². The lowest BCUT2D eigenvalue weighted by Gasteiger charge is -2.30. The topological polar surface area (TPSA) is 108 Å². The van der Waals surface area contributed by atoms with Crippen LogP contribution in [-0.2, 0) is 18.4 Å². The van der Waals surface area contributed by atoms with Gasteiger partial charge in [0.05, 0.1) is 39.9 Å². The molecule has 0 fully saturated rings. The zero-order valence-corrected chi connectivity index (χ0v) is 37.0. The fourth-order valence-corrected chi connectivity index (χ4v) is 6.73. The van der Waals surface area contributed by atoms with Crippen LogP contribution in [0.25, 0.3) is 0 Å². The lowest BCUT2D eigenvalue weighted by Crippen LogP contribution is -2.46. The number of allylic oxidation sites excluding steroid dienone is 10. The third-order valence-corrected chi connectivity index (χ3v) is 10.5. The van der Waals surface area contributed by atoms with E-state index in [9.17, 15) is 19.4 Å². The van der Waals surface area contributed by atoms with Gasteiger partial charge in [-0.3, -0.25) is 9.36 Å². The largest absolute Gasteiger partial charge is 0.756 e. The second kappa shape index (κ2) is 37.8. The monoisotopic (exact) mass is 793 g/mol. The highest BCUT2D eigenvalue weighted by molar-refractivity contribution is 7.45. The van der Waals surface area contributed by atoms with Crippen LogP contribution in [0.15, 0.2) is 60.8 Å². The molecule has 0 heterocycles. The summed E-state index contributed by atoms with van der Waals surface area (Å²) in [4.78, 5) is 25.3. The van der Waals surface area contributed by atoms with Crippen molar-refractivity contribution in [2.24, 2.45) is 0 Å². The molecule has 8 nitrogen and oxygen atoms in total. The van der Waals surface area contributed by atoms with E-state index in [4.69, 9.17) is 9.05 Å². The maximum absolute atomic E-state index is 12.8. The number of unbranched alkanes of at least 4 members (excludes halogenated alkanes) is 16. The van der Waals surface area contributed by atoms with Gasteiger partial charge in [-0.05, 0) is 57.8 Å². The Morgan fingerprint density at radius 3 is 1.62 bits per heavy atom. The van der Waals surface area contributed by atoms with Crippen molar-refractivity contribution < 1.29 is 32.9 Å². The molecule has 2 N–H and O–H groups in total. The molecule has 55 heavy (non-hydrogen) atoms. The number of hydrogen-bond acceptors (Lipinski definition) is 6. The van der Waals surface area contributed by atoms with E-state index in [1.54, 1.807) is 0 Å². The number of nitrogens with one attached hydrogen (secondary N) is 1. The van der Waals surface area contributed by atoms with Crippen molar-refractivity contribution in [1.82, 2.24) is 5.32 Å². The molecule has 0 radical (unpaired) electrons. The number of hydrogen-bond donors (Lipinski definition) is 2. The Bertz CT molecular complexity index is 1080. The summed E-state index contributed by atoms with van der Waals surface area (Å²) in [6.07, 6.45) is 48.0. The highest BCUT2D eigenvalue weighted by atomic mass is 31.2. The highest BCUT2D eigenvalue weighted by Gasteiger charge is 2.24. The van der Waals surface area contributed by atoms with Crippen LogP contribution in [-0.4, -0.2) is 68.5 Å². The number of phosphoric acid groups is 1. The molecule has 3 atom stereocenters. The van der Waals surface area contributed by atoms with E-state index in [1.165, 1.54) is 64.2 Å². The van der Waals surface area contributed by atoms with Gasteiger partial charge in [0.15, 0.2) is 0 Å². The van der Waals surface area contributed by atoms with Gasteiger partial charge in [-0.25, -0.2) is 0 Å². The Morgan fingerprint density at radius 2 is 1.11 bits per heavy atom. The van der Waals surface area contributed by atoms with Gasteiger partial charge in [0.25, 0.3) is 7.82 Å². The van der Waals surface area contributed by atoms with E-state index >= 15 is 0 Å².